The molecule has 0 spiro atoms. The number of para-hydroxylation sites is 1. The molecule has 1 amide bonds. The number of fused-ring (bicyclic) bond motifs is 1. The van der Waals surface area contributed by atoms with Crippen LogP contribution in [0.5, 0.6) is 5.75 Å². The van der Waals surface area contributed by atoms with E-state index in [0.29, 0.717) is 18.5 Å². The first-order chi connectivity index (χ1) is 15.4. The molecule has 8 heteroatoms. The van der Waals surface area contributed by atoms with Crippen molar-refractivity contribution in [1.82, 2.24) is 14.9 Å². The van der Waals surface area contributed by atoms with Crippen LogP contribution < -0.4 is 0 Å². The Morgan fingerprint density at radius 1 is 1.19 bits per heavy atom. The molecular formula is C24H33N3O4Si. The molecule has 172 valence electrons. The number of H-pyrrole nitrogens is 1. The number of nitrogens with one attached hydrogen (secondary N) is 1. The van der Waals surface area contributed by atoms with Crippen molar-refractivity contribution in [2.45, 2.75) is 51.4 Å². The minimum absolute atomic E-state index is 0.189. The van der Waals surface area contributed by atoms with Gasteiger partial charge in [-0.05, 0) is 47.8 Å². The number of aromatic hydroxyl groups is 1. The Balaban J connectivity index is 1.81. The van der Waals surface area contributed by atoms with Crippen LogP contribution in [0.25, 0.3) is 10.9 Å². The lowest BCUT2D eigenvalue weighted by Crippen LogP contribution is -2.42. The monoisotopic (exact) mass is 455 g/mol. The molecule has 0 fully saturated rings. The maximum atomic E-state index is 12.1. The molecule has 3 N–H and O–H groups in total. The zero-order valence-corrected chi connectivity index (χ0v) is 20.0. The van der Waals surface area contributed by atoms with Crippen LogP contribution in [0, 0.1) is 0 Å². The van der Waals surface area contributed by atoms with Gasteiger partial charge in [0.15, 0.2) is 8.32 Å². The first-order valence-electron chi connectivity index (χ1n) is 11.3. The van der Waals surface area contributed by atoms with Crippen LogP contribution in [0.1, 0.15) is 38.0 Å². The van der Waals surface area contributed by atoms with Crippen molar-refractivity contribution < 1.29 is 19.4 Å². The average molecular weight is 456 g/mol. The van der Waals surface area contributed by atoms with Crippen molar-refractivity contribution in [1.29, 1.82) is 0 Å². The number of benzene rings is 1. The number of nitrogens with zero attached hydrogens (tertiary/aromatic N) is 2. The third kappa shape index (κ3) is 5.31. The molecule has 2 heterocycles. The number of pyridine rings is 1. The van der Waals surface area contributed by atoms with Gasteiger partial charge in [0.1, 0.15) is 5.75 Å². The summed E-state index contributed by atoms with van der Waals surface area (Å²) in [4.78, 5) is 20.9. The SMILES string of the molecule is CC[Si](CC)(CC)O[C@@H](CN(CCc1c[nH]c2c(O)cccc12)C(=O)O)c1cccnc1. The van der Waals surface area contributed by atoms with E-state index in [1.54, 1.807) is 24.5 Å². The Morgan fingerprint density at radius 2 is 1.94 bits per heavy atom. The average Bonchev–Trinajstić information content (AvgIpc) is 3.24. The number of carboxylic acid groups (broad SMARTS) is 1. The van der Waals surface area contributed by atoms with Crippen molar-refractivity contribution in [2.75, 3.05) is 13.1 Å². The Kier molecular flexibility index (Phi) is 7.93. The number of phenolic OH excluding ortho intramolecular Hbond substituents is 1. The van der Waals surface area contributed by atoms with E-state index in [1.807, 2.05) is 24.4 Å². The minimum Gasteiger partial charge on any atom is -0.506 e. The molecule has 0 saturated heterocycles. The Hall–Kier alpha value is -2.84. The van der Waals surface area contributed by atoms with E-state index in [9.17, 15) is 15.0 Å². The third-order valence-electron chi connectivity index (χ3n) is 6.47. The largest absolute Gasteiger partial charge is 0.506 e. The molecule has 0 bridgehead atoms. The van der Waals surface area contributed by atoms with Gasteiger partial charge >= 0.3 is 6.09 Å². The van der Waals surface area contributed by atoms with E-state index in [4.69, 9.17) is 4.43 Å². The minimum atomic E-state index is -1.96. The molecule has 0 aliphatic rings. The first-order valence-corrected chi connectivity index (χ1v) is 13.8. The van der Waals surface area contributed by atoms with Crippen molar-refractivity contribution >= 4 is 25.3 Å². The van der Waals surface area contributed by atoms with Crippen LogP contribution in [0.4, 0.5) is 4.79 Å². The number of aromatic nitrogens is 2. The van der Waals surface area contributed by atoms with Crippen LogP contribution in [0.2, 0.25) is 18.1 Å². The molecule has 3 rings (SSSR count). The highest BCUT2D eigenvalue weighted by Gasteiger charge is 2.34. The van der Waals surface area contributed by atoms with E-state index < -0.39 is 14.4 Å². The van der Waals surface area contributed by atoms with Gasteiger partial charge in [-0.3, -0.25) is 4.98 Å². The molecule has 32 heavy (non-hydrogen) atoms. The standard InChI is InChI=1S/C24H33N3O4Si/c1-4-32(5-2,6-3)31-22(19-9-8-13-25-15-19)17-27(24(29)30)14-12-18-16-26-23-20(18)10-7-11-21(23)28/h7-11,13,15-16,22,26,28H,4-6,12,14,17H2,1-3H3,(H,29,30)/t22-/m0/s1. The molecule has 0 saturated carbocycles. The van der Waals surface area contributed by atoms with E-state index >= 15 is 0 Å². The Morgan fingerprint density at radius 3 is 2.56 bits per heavy atom. The number of rotatable bonds is 11. The predicted octanol–water partition coefficient (Wildman–Crippen LogP) is 5.55. The number of carbonyl (C=O) groups is 1. The van der Waals surface area contributed by atoms with Crippen LogP contribution >= 0.6 is 0 Å². The predicted molar refractivity (Wildman–Crippen MR) is 129 cm³/mol. The van der Waals surface area contributed by atoms with Crippen molar-refractivity contribution in [3.05, 3.63) is 60.0 Å². The number of hydrogen-bond acceptors (Lipinski definition) is 4. The Bertz CT molecular complexity index is 1010. The summed E-state index contributed by atoms with van der Waals surface area (Å²) in [5, 5.41) is 20.9. The van der Waals surface area contributed by atoms with Gasteiger partial charge in [-0.1, -0.05) is 39.0 Å². The number of amides is 1. The van der Waals surface area contributed by atoms with Gasteiger partial charge in [0.2, 0.25) is 0 Å². The highest BCUT2D eigenvalue weighted by molar-refractivity contribution is 6.73. The lowest BCUT2D eigenvalue weighted by atomic mass is 10.1. The summed E-state index contributed by atoms with van der Waals surface area (Å²) in [7, 11) is -1.96. The van der Waals surface area contributed by atoms with Gasteiger partial charge in [0, 0.05) is 30.5 Å². The van der Waals surface area contributed by atoms with Gasteiger partial charge in [0.25, 0.3) is 0 Å². The smallest absolute Gasteiger partial charge is 0.407 e. The summed E-state index contributed by atoms with van der Waals surface area (Å²) in [6, 6.07) is 12.1. The van der Waals surface area contributed by atoms with Crippen LogP contribution in [-0.4, -0.2) is 52.6 Å². The van der Waals surface area contributed by atoms with Crippen molar-refractivity contribution in [3.63, 3.8) is 0 Å². The highest BCUT2D eigenvalue weighted by atomic mass is 28.4. The fourth-order valence-corrected chi connectivity index (χ4v) is 7.02. The summed E-state index contributed by atoms with van der Waals surface area (Å²) >= 11 is 0. The topological polar surface area (TPSA) is 98.7 Å². The van der Waals surface area contributed by atoms with Crippen LogP contribution in [0.3, 0.4) is 0 Å². The van der Waals surface area contributed by atoms with Crippen molar-refractivity contribution in [2.24, 2.45) is 0 Å². The molecule has 0 aliphatic carbocycles. The summed E-state index contributed by atoms with van der Waals surface area (Å²) in [5.74, 6) is 0.189. The van der Waals surface area contributed by atoms with Crippen LogP contribution in [-0.2, 0) is 10.8 Å². The molecule has 7 nitrogen and oxygen atoms in total. The molecule has 3 aromatic rings. The number of hydrogen-bond donors (Lipinski definition) is 3. The molecular weight excluding hydrogens is 422 g/mol. The number of aromatic amines is 1. The van der Waals surface area contributed by atoms with Crippen LogP contribution in [0.15, 0.2) is 48.9 Å². The summed E-state index contributed by atoms with van der Waals surface area (Å²) < 4.78 is 6.73. The molecule has 1 aromatic carbocycles. The van der Waals surface area contributed by atoms with Gasteiger partial charge in [0.05, 0.1) is 18.2 Å². The van der Waals surface area contributed by atoms with Gasteiger partial charge in [-0.2, -0.15) is 0 Å². The first kappa shape index (κ1) is 23.8. The second-order valence-electron chi connectivity index (χ2n) is 8.13. The lowest BCUT2D eigenvalue weighted by molar-refractivity contribution is 0.103. The second-order valence-corrected chi connectivity index (χ2v) is 12.9. The summed E-state index contributed by atoms with van der Waals surface area (Å²) in [6.45, 7) is 7.09. The van der Waals surface area contributed by atoms with Gasteiger partial charge in [-0.15, -0.1) is 0 Å². The lowest BCUT2D eigenvalue weighted by Gasteiger charge is -2.35. The van der Waals surface area contributed by atoms with E-state index in [2.05, 4.69) is 30.7 Å². The van der Waals surface area contributed by atoms with E-state index in [1.165, 1.54) is 4.90 Å². The fourth-order valence-electron chi connectivity index (χ4n) is 4.20. The molecule has 2 aromatic heterocycles. The van der Waals surface area contributed by atoms with Crippen molar-refractivity contribution in [3.8, 4) is 5.75 Å². The molecule has 0 aliphatic heterocycles. The van der Waals surface area contributed by atoms with E-state index in [0.717, 1.165) is 34.6 Å². The Labute approximate surface area is 190 Å². The molecule has 0 radical (unpaired) electrons. The zero-order chi connectivity index (χ0) is 23.1. The normalized spacial score (nSPS) is 12.7. The third-order valence-corrected chi connectivity index (χ3v) is 11.1. The molecule has 1 atom stereocenters. The second kappa shape index (κ2) is 10.6. The highest BCUT2D eigenvalue weighted by Crippen LogP contribution is 2.31. The quantitative estimate of drug-likeness (QED) is 0.329. The maximum absolute atomic E-state index is 12.1. The van der Waals surface area contributed by atoms with Gasteiger partial charge in [-0.25, -0.2) is 4.79 Å². The fraction of sp³-hybridized carbons (Fsp3) is 0.417. The maximum Gasteiger partial charge on any atom is 0.407 e. The van der Waals surface area contributed by atoms with E-state index in [-0.39, 0.29) is 18.4 Å². The zero-order valence-electron chi connectivity index (χ0n) is 19.0. The van der Waals surface area contributed by atoms with Gasteiger partial charge < -0.3 is 24.5 Å². The number of phenols is 1. The summed E-state index contributed by atoms with van der Waals surface area (Å²) in [5.41, 5.74) is 2.55. The molecule has 0 unspecified atom stereocenters. The summed E-state index contributed by atoms with van der Waals surface area (Å²) in [6.07, 6.45) is 4.54.